The van der Waals surface area contributed by atoms with E-state index < -0.39 is 0 Å². The van der Waals surface area contributed by atoms with Crippen LogP contribution in [-0.4, -0.2) is 15.3 Å². The van der Waals surface area contributed by atoms with Gasteiger partial charge in [-0.15, -0.1) is 0 Å². The van der Waals surface area contributed by atoms with Crippen molar-refractivity contribution in [2.24, 2.45) is 11.8 Å². The fourth-order valence-electron chi connectivity index (χ4n) is 4.83. The second kappa shape index (κ2) is 7.26. The maximum atomic E-state index is 14.5. The predicted molar refractivity (Wildman–Crippen MR) is 105 cm³/mol. The molecular formula is C23H25FN2O. The van der Waals surface area contributed by atoms with Gasteiger partial charge in [0.15, 0.2) is 0 Å². The van der Waals surface area contributed by atoms with Crippen molar-refractivity contribution in [3.8, 4) is 11.3 Å². The number of hydrogen-bond donors (Lipinski definition) is 0. The standard InChI is InChI=1S/C23H25FN2O/c1-3-15(4-2)16-8-10-17(11-9-16)22(27)12-20-23-18(6-5-7-19(23)24)21-13-25-14-26(20)21/h3-7,13-14,16-17,20H,1,8-12H2,2H3/b15-4+. The third-order valence-electron chi connectivity index (χ3n) is 6.28. The number of ketones is 1. The van der Waals surface area contributed by atoms with Crippen molar-refractivity contribution in [1.82, 2.24) is 9.55 Å². The van der Waals surface area contributed by atoms with Crippen molar-refractivity contribution in [3.05, 3.63) is 66.4 Å². The molecule has 2 aromatic rings. The molecule has 1 unspecified atom stereocenters. The Kier molecular flexibility index (Phi) is 4.81. The summed E-state index contributed by atoms with van der Waals surface area (Å²) in [6.07, 6.45) is 11.7. The lowest BCUT2D eigenvalue weighted by Crippen LogP contribution is -2.25. The number of carbonyl (C=O) groups excluding carboxylic acids is 1. The Hall–Kier alpha value is -2.49. The fourth-order valence-corrected chi connectivity index (χ4v) is 4.83. The highest BCUT2D eigenvalue weighted by Crippen LogP contribution is 2.43. The second-order valence-corrected chi connectivity index (χ2v) is 7.61. The minimum atomic E-state index is -0.275. The number of imidazole rings is 1. The first-order valence-corrected chi connectivity index (χ1v) is 9.76. The van der Waals surface area contributed by atoms with E-state index >= 15 is 0 Å². The van der Waals surface area contributed by atoms with Gasteiger partial charge in [-0.2, -0.15) is 0 Å². The van der Waals surface area contributed by atoms with Crippen LogP contribution < -0.4 is 0 Å². The van der Waals surface area contributed by atoms with Crippen LogP contribution in [0, 0.1) is 17.7 Å². The lowest BCUT2D eigenvalue weighted by atomic mass is 9.76. The van der Waals surface area contributed by atoms with E-state index in [1.807, 2.05) is 23.6 Å². The van der Waals surface area contributed by atoms with Gasteiger partial charge in [0, 0.05) is 23.5 Å². The number of benzene rings is 1. The van der Waals surface area contributed by atoms with Crippen molar-refractivity contribution in [2.45, 2.75) is 45.1 Å². The number of nitrogens with zero attached hydrogens (tertiary/aromatic N) is 2. The summed E-state index contributed by atoms with van der Waals surface area (Å²) in [5, 5.41) is 0. The van der Waals surface area contributed by atoms with E-state index in [-0.39, 0.29) is 23.6 Å². The van der Waals surface area contributed by atoms with Crippen LogP contribution in [0.5, 0.6) is 0 Å². The fraction of sp³-hybridized carbons (Fsp3) is 0.391. The van der Waals surface area contributed by atoms with Crippen LogP contribution in [0.25, 0.3) is 11.3 Å². The van der Waals surface area contributed by atoms with E-state index in [1.54, 1.807) is 18.6 Å². The third kappa shape index (κ3) is 3.07. The molecule has 1 aromatic heterocycles. The van der Waals surface area contributed by atoms with E-state index in [1.165, 1.54) is 11.6 Å². The molecule has 1 saturated carbocycles. The molecule has 0 radical (unpaired) electrons. The van der Waals surface area contributed by atoms with Crippen molar-refractivity contribution >= 4 is 5.78 Å². The summed E-state index contributed by atoms with van der Waals surface area (Å²) in [4.78, 5) is 17.2. The highest BCUT2D eigenvalue weighted by atomic mass is 19.1. The Bertz CT molecular complexity index is 903. The average molecular weight is 364 g/mol. The molecule has 140 valence electrons. The Labute approximate surface area is 159 Å². The van der Waals surface area contributed by atoms with E-state index in [4.69, 9.17) is 0 Å². The monoisotopic (exact) mass is 364 g/mol. The van der Waals surface area contributed by atoms with Gasteiger partial charge in [-0.25, -0.2) is 9.37 Å². The largest absolute Gasteiger partial charge is 0.322 e. The smallest absolute Gasteiger partial charge is 0.138 e. The zero-order valence-corrected chi connectivity index (χ0v) is 15.7. The molecule has 4 heteroatoms. The summed E-state index contributed by atoms with van der Waals surface area (Å²) in [5.41, 5.74) is 3.68. The summed E-state index contributed by atoms with van der Waals surface area (Å²) in [5.74, 6) is 0.602. The summed E-state index contributed by atoms with van der Waals surface area (Å²) in [6.45, 7) is 5.94. The van der Waals surface area contributed by atoms with Crippen LogP contribution >= 0.6 is 0 Å². The Morgan fingerprint density at radius 2 is 2.04 bits per heavy atom. The van der Waals surface area contributed by atoms with Crippen LogP contribution in [0.4, 0.5) is 4.39 Å². The molecule has 2 aliphatic rings. The highest BCUT2D eigenvalue weighted by molar-refractivity contribution is 5.83. The van der Waals surface area contributed by atoms with E-state index in [0.29, 0.717) is 17.9 Å². The van der Waals surface area contributed by atoms with Crippen molar-refractivity contribution in [2.75, 3.05) is 0 Å². The Morgan fingerprint density at radius 3 is 2.74 bits per heavy atom. The number of Topliss-reactive ketones (excluding diaryl/α,β-unsaturated/α-hetero) is 1. The molecule has 0 spiro atoms. The van der Waals surface area contributed by atoms with Gasteiger partial charge in [-0.1, -0.05) is 30.9 Å². The molecular weight excluding hydrogens is 339 g/mol. The van der Waals surface area contributed by atoms with Gasteiger partial charge in [0.25, 0.3) is 0 Å². The summed E-state index contributed by atoms with van der Waals surface area (Å²) < 4.78 is 16.5. The van der Waals surface area contributed by atoms with Gasteiger partial charge in [0.1, 0.15) is 11.6 Å². The van der Waals surface area contributed by atoms with Gasteiger partial charge in [-0.3, -0.25) is 4.79 Å². The van der Waals surface area contributed by atoms with Crippen molar-refractivity contribution < 1.29 is 9.18 Å². The van der Waals surface area contributed by atoms with Gasteiger partial charge < -0.3 is 4.57 Å². The van der Waals surface area contributed by atoms with Crippen molar-refractivity contribution in [3.63, 3.8) is 0 Å². The molecule has 1 aromatic carbocycles. The molecule has 1 aliphatic heterocycles. The van der Waals surface area contributed by atoms with Crippen LogP contribution in [-0.2, 0) is 4.79 Å². The first-order valence-electron chi connectivity index (χ1n) is 9.76. The SMILES string of the molecule is C=C/C(=C\C)C1CCC(C(=O)CC2c3c(F)cccc3-c3cncn32)CC1. The van der Waals surface area contributed by atoms with Crippen molar-refractivity contribution in [1.29, 1.82) is 0 Å². The average Bonchev–Trinajstić information content (AvgIpc) is 3.27. The zero-order valence-electron chi connectivity index (χ0n) is 15.7. The first kappa shape index (κ1) is 17.9. The number of allylic oxidation sites excluding steroid dienone is 3. The molecule has 0 N–H and O–H groups in total. The maximum Gasteiger partial charge on any atom is 0.138 e. The van der Waals surface area contributed by atoms with E-state index in [0.717, 1.165) is 36.9 Å². The highest BCUT2D eigenvalue weighted by Gasteiger charge is 2.35. The number of carbonyl (C=O) groups is 1. The molecule has 1 fully saturated rings. The minimum absolute atomic E-state index is 0.0759. The molecule has 0 saturated heterocycles. The lowest BCUT2D eigenvalue weighted by molar-refractivity contribution is -0.124. The molecule has 27 heavy (non-hydrogen) atoms. The number of halogens is 1. The Morgan fingerprint density at radius 1 is 1.30 bits per heavy atom. The molecule has 3 nitrogen and oxygen atoms in total. The quantitative estimate of drug-likeness (QED) is 0.658. The predicted octanol–water partition coefficient (Wildman–Crippen LogP) is 5.49. The van der Waals surface area contributed by atoms with Gasteiger partial charge in [0.05, 0.1) is 24.3 Å². The molecule has 4 rings (SSSR count). The maximum absolute atomic E-state index is 14.5. The first-order chi connectivity index (χ1) is 13.1. The molecule has 0 amide bonds. The number of fused-ring (bicyclic) bond motifs is 3. The minimum Gasteiger partial charge on any atom is -0.322 e. The Balaban J connectivity index is 1.49. The van der Waals surface area contributed by atoms with E-state index in [2.05, 4.69) is 17.6 Å². The van der Waals surface area contributed by atoms with Crippen LogP contribution in [0.1, 0.15) is 50.6 Å². The topological polar surface area (TPSA) is 34.9 Å². The van der Waals surface area contributed by atoms with E-state index in [9.17, 15) is 9.18 Å². The molecule has 2 heterocycles. The number of rotatable bonds is 5. The zero-order chi connectivity index (χ0) is 19.0. The van der Waals surface area contributed by atoms with Crippen LogP contribution in [0.15, 0.2) is 55.0 Å². The summed E-state index contributed by atoms with van der Waals surface area (Å²) >= 11 is 0. The molecule has 1 atom stereocenters. The second-order valence-electron chi connectivity index (χ2n) is 7.61. The number of hydrogen-bond acceptors (Lipinski definition) is 2. The van der Waals surface area contributed by atoms with Gasteiger partial charge >= 0.3 is 0 Å². The van der Waals surface area contributed by atoms with Crippen LogP contribution in [0.2, 0.25) is 0 Å². The summed E-state index contributed by atoms with van der Waals surface area (Å²) in [7, 11) is 0. The normalized spacial score (nSPS) is 24.4. The summed E-state index contributed by atoms with van der Waals surface area (Å²) in [6, 6.07) is 4.84. The molecule has 1 aliphatic carbocycles. The lowest BCUT2D eigenvalue weighted by Gasteiger charge is -2.29. The number of aromatic nitrogens is 2. The van der Waals surface area contributed by atoms with Gasteiger partial charge in [0.2, 0.25) is 0 Å². The van der Waals surface area contributed by atoms with Crippen LogP contribution in [0.3, 0.4) is 0 Å². The van der Waals surface area contributed by atoms with Gasteiger partial charge in [-0.05, 0) is 50.2 Å². The molecule has 0 bridgehead atoms. The third-order valence-corrected chi connectivity index (χ3v) is 6.28.